The first-order chi connectivity index (χ1) is 13.0. The van der Waals surface area contributed by atoms with Crippen molar-refractivity contribution < 1.29 is 14.0 Å². The van der Waals surface area contributed by atoms with Crippen LogP contribution in [0.4, 0.5) is 15.8 Å². The molecular formula is C20H21ClFN3O2. The molecule has 0 radical (unpaired) electrons. The lowest BCUT2D eigenvalue weighted by Gasteiger charge is -2.30. The van der Waals surface area contributed by atoms with E-state index in [2.05, 4.69) is 10.6 Å². The number of piperidine rings is 1. The smallest absolute Gasteiger partial charge is 0.238 e. The van der Waals surface area contributed by atoms with Crippen molar-refractivity contribution in [3.8, 4) is 0 Å². The first-order valence-electron chi connectivity index (χ1n) is 8.84. The summed E-state index contributed by atoms with van der Waals surface area (Å²) in [5.41, 5.74) is 1.30. The molecule has 1 saturated heterocycles. The average Bonchev–Trinajstić information content (AvgIpc) is 2.66. The monoisotopic (exact) mass is 389 g/mol. The Labute approximate surface area is 162 Å². The van der Waals surface area contributed by atoms with Gasteiger partial charge >= 0.3 is 0 Å². The highest BCUT2D eigenvalue weighted by Crippen LogP contribution is 2.20. The molecule has 27 heavy (non-hydrogen) atoms. The van der Waals surface area contributed by atoms with Crippen LogP contribution < -0.4 is 10.6 Å². The summed E-state index contributed by atoms with van der Waals surface area (Å²) in [6, 6.07) is 12.7. The largest absolute Gasteiger partial charge is 0.326 e. The van der Waals surface area contributed by atoms with Crippen LogP contribution in [0.15, 0.2) is 48.5 Å². The van der Waals surface area contributed by atoms with Gasteiger partial charge in [-0.25, -0.2) is 4.39 Å². The highest BCUT2D eigenvalue weighted by molar-refractivity contribution is 6.30. The van der Waals surface area contributed by atoms with Crippen molar-refractivity contribution in [2.45, 2.75) is 12.8 Å². The molecule has 2 aromatic rings. The topological polar surface area (TPSA) is 61.4 Å². The summed E-state index contributed by atoms with van der Waals surface area (Å²) in [6.07, 6.45) is 1.40. The van der Waals surface area contributed by atoms with E-state index in [9.17, 15) is 14.0 Å². The Morgan fingerprint density at radius 3 is 2.15 bits per heavy atom. The van der Waals surface area contributed by atoms with Crippen molar-refractivity contribution >= 4 is 34.8 Å². The maximum absolute atomic E-state index is 12.9. The van der Waals surface area contributed by atoms with Crippen LogP contribution in [0.1, 0.15) is 12.8 Å². The van der Waals surface area contributed by atoms with Crippen LogP contribution >= 0.6 is 11.6 Å². The van der Waals surface area contributed by atoms with E-state index < -0.39 is 0 Å². The minimum absolute atomic E-state index is 0.00673. The molecule has 1 aliphatic rings. The lowest BCUT2D eigenvalue weighted by atomic mass is 9.96. The second kappa shape index (κ2) is 8.97. The van der Waals surface area contributed by atoms with E-state index >= 15 is 0 Å². The molecule has 1 fully saturated rings. The SMILES string of the molecule is O=C(CN1CCC(C(=O)Nc2ccc(Cl)cc2)CC1)Nc1ccc(F)cc1. The molecule has 0 atom stereocenters. The Morgan fingerprint density at radius 2 is 1.52 bits per heavy atom. The van der Waals surface area contributed by atoms with Crippen molar-refractivity contribution in [2.75, 3.05) is 30.3 Å². The third-order valence-corrected chi connectivity index (χ3v) is 4.82. The van der Waals surface area contributed by atoms with Crippen LogP contribution in [0, 0.1) is 11.7 Å². The quantitative estimate of drug-likeness (QED) is 0.818. The van der Waals surface area contributed by atoms with Gasteiger partial charge in [0.15, 0.2) is 0 Å². The van der Waals surface area contributed by atoms with Gasteiger partial charge in [0.05, 0.1) is 6.54 Å². The third-order valence-electron chi connectivity index (χ3n) is 4.57. The van der Waals surface area contributed by atoms with Gasteiger partial charge in [0.1, 0.15) is 5.82 Å². The summed E-state index contributed by atoms with van der Waals surface area (Å²) in [4.78, 5) is 26.5. The number of anilines is 2. The number of halogens is 2. The molecule has 0 aromatic heterocycles. The number of likely N-dealkylation sites (tertiary alicyclic amines) is 1. The predicted molar refractivity (Wildman–Crippen MR) is 104 cm³/mol. The standard InChI is InChI=1S/C20H21ClFN3O2/c21-15-1-5-18(6-2-15)24-20(27)14-9-11-25(12-10-14)13-19(26)23-17-7-3-16(22)4-8-17/h1-8,14H,9-13H2,(H,23,26)(H,24,27). The zero-order chi connectivity index (χ0) is 19.2. The molecule has 5 nitrogen and oxygen atoms in total. The van der Waals surface area contributed by atoms with Gasteiger partial charge in [-0.3, -0.25) is 14.5 Å². The highest BCUT2D eigenvalue weighted by atomic mass is 35.5. The van der Waals surface area contributed by atoms with Gasteiger partial charge < -0.3 is 10.6 Å². The zero-order valence-corrected chi connectivity index (χ0v) is 15.5. The fourth-order valence-electron chi connectivity index (χ4n) is 3.07. The fourth-order valence-corrected chi connectivity index (χ4v) is 3.19. The molecule has 0 spiro atoms. The summed E-state index contributed by atoms with van der Waals surface area (Å²) in [7, 11) is 0. The molecule has 2 N–H and O–H groups in total. The van der Waals surface area contributed by atoms with Gasteiger partial charge in [-0.15, -0.1) is 0 Å². The molecule has 1 aliphatic heterocycles. The summed E-state index contributed by atoms with van der Waals surface area (Å²) in [6.45, 7) is 1.61. The highest BCUT2D eigenvalue weighted by Gasteiger charge is 2.26. The maximum atomic E-state index is 12.9. The fraction of sp³-hybridized carbons (Fsp3) is 0.300. The van der Waals surface area contributed by atoms with Gasteiger partial charge in [0.2, 0.25) is 11.8 Å². The van der Waals surface area contributed by atoms with Crippen molar-refractivity contribution in [1.29, 1.82) is 0 Å². The van der Waals surface area contributed by atoms with E-state index in [1.807, 2.05) is 4.90 Å². The lowest BCUT2D eigenvalue weighted by Crippen LogP contribution is -2.41. The number of carbonyl (C=O) groups excluding carboxylic acids is 2. The Balaban J connectivity index is 1.42. The van der Waals surface area contributed by atoms with E-state index in [1.165, 1.54) is 24.3 Å². The molecule has 0 bridgehead atoms. The number of benzene rings is 2. The second-order valence-corrected chi connectivity index (χ2v) is 7.04. The first kappa shape index (κ1) is 19.3. The summed E-state index contributed by atoms with van der Waals surface area (Å²) < 4.78 is 12.9. The number of hydrogen-bond donors (Lipinski definition) is 2. The number of carbonyl (C=O) groups is 2. The number of nitrogens with zero attached hydrogens (tertiary/aromatic N) is 1. The Kier molecular flexibility index (Phi) is 6.42. The molecule has 0 unspecified atom stereocenters. The first-order valence-corrected chi connectivity index (χ1v) is 9.21. The van der Waals surface area contributed by atoms with Gasteiger partial charge in [-0.05, 0) is 74.5 Å². The van der Waals surface area contributed by atoms with Crippen LogP contribution in [0.3, 0.4) is 0 Å². The Morgan fingerprint density at radius 1 is 0.963 bits per heavy atom. The summed E-state index contributed by atoms with van der Waals surface area (Å²) in [5, 5.41) is 6.28. The van der Waals surface area contributed by atoms with E-state index in [0.29, 0.717) is 36.6 Å². The molecular weight excluding hydrogens is 369 g/mol. The van der Waals surface area contributed by atoms with Crippen LogP contribution in [-0.4, -0.2) is 36.3 Å². The van der Waals surface area contributed by atoms with Crippen molar-refractivity contribution in [1.82, 2.24) is 4.90 Å². The number of rotatable bonds is 5. The molecule has 2 amide bonds. The van der Waals surface area contributed by atoms with Crippen molar-refractivity contribution in [3.63, 3.8) is 0 Å². The molecule has 7 heteroatoms. The predicted octanol–water partition coefficient (Wildman–Crippen LogP) is 3.77. The Hall–Kier alpha value is -2.44. The van der Waals surface area contributed by atoms with Crippen molar-refractivity contribution in [2.24, 2.45) is 5.92 Å². The van der Waals surface area contributed by atoms with E-state index in [-0.39, 0.29) is 30.1 Å². The Bertz CT molecular complexity index is 788. The van der Waals surface area contributed by atoms with Crippen LogP contribution in [-0.2, 0) is 9.59 Å². The van der Waals surface area contributed by atoms with Crippen molar-refractivity contribution in [3.05, 3.63) is 59.4 Å². The number of hydrogen-bond acceptors (Lipinski definition) is 3. The molecule has 3 rings (SSSR count). The maximum Gasteiger partial charge on any atom is 0.238 e. The molecule has 2 aromatic carbocycles. The third kappa shape index (κ3) is 5.77. The lowest BCUT2D eigenvalue weighted by molar-refractivity contribution is -0.121. The molecule has 0 saturated carbocycles. The van der Waals surface area contributed by atoms with Crippen LogP contribution in [0.25, 0.3) is 0 Å². The molecule has 0 aliphatic carbocycles. The average molecular weight is 390 g/mol. The van der Waals surface area contributed by atoms with Gasteiger partial charge in [0.25, 0.3) is 0 Å². The van der Waals surface area contributed by atoms with Crippen LogP contribution in [0.2, 0.25) is 5.02 Å². The van der Waals surface area contributed by atoms with E-state index in [1.54, 1.807) is 24.3 Å². The number of nitrogens with one attached hydrogen (secondary N) is 2. The molecule has 1 heterocycles. The number of amides is 2. The van der Waals surface area contributed by atoms with Crippen LogP contribution in [0.5, 0.6) is 0 Å². The zero-order valence-electron chi connectivity index (χ0n) is 14.8. The van der Waals surface area contributed by atoms with E-state index in [0.717, 1.165) is 5.69 Å². The molecule has 142 valence electrons. The van der Waals surface area contributed by atoms with Gasteiger partial charge in [0, 0.05) is 22.3 Å². The summed E-state index contributed by atoms with van der Waals surface area (Å²) >= 11 is 5.84. The summed E-state index contributed by atoms with van der Waals surface area (Å²) in [5.74, 6) is -0.567. The minimum atomic E-state index is -0.341. The van der Waals surface area contributed by atoms with E-state index in [4.69, 9.17) is 11.6 Å². The van der Waals surface area contributed by atoms with Gasteiger partial charge in [-0.2, -0.15) is 0 Å². The second-order valence-electron chi connectivity index (χ2n) is 6.60. The normalized spacial score (nSPS) is 15.3. The minimum Gasteiger partial charge on any atom is -0.326 e. The van der Waals surface area contributed by atoms with Gasteiger partial charge in [-0.1, -0.05) is 11.6 Å².